The summed E-state index contributed by atoms with van der Waals surface area (Å²) >= 11 is 0. The van der Waals surface area contributed by atoms with Gasteiger partial charge in [-0.05, 0) is 13.3 Å². The second kappa shape index (κ2) is 6.86. The number of esters is 1. The zero-order chi connectivity index (χ0) is 14.5. The number of carbonyl (C=O) groups excluding carboxylic acids is 2. The van der Waals surface area contributed by atoms with Crippen molar-refractivity contribution < 1.29 is 19.1 Å². The molecule has 1 heterocycles. The molecule has 0 aliphatic carbocycles. The molecule has 1 saturated heterocycles. The highest BCUT2D eigenvalue weighted by Gasteiger charge is 2.35. The quantitative estimate of drug-likeness (QED) is 0.728. The van der Waals surface area contributed by atoms with E-state index in [1.54, 1.807) is 11.8 Å². The smallest absolute Gasteiger partial charge is 0.308 e. The Kier molecular flexibility index (Phi) is 5.75. The van der Waals surface area contributed by atoms with Crippen molar-refractivity contribution in [3.05, 3.63) is 0 Å². The summed E-state index contributed by atoms with van der Waals surface area (Å²) in [5.41, 5.74) is 5.21. The zero-order valence-corrected chi connectivity index (χ0v) is 12.0. The van der Waals surface area contributed by atoms with Gasteiger partial charge in [0.25, 0.3) is 0 Å². The van der Waals surface area contributed by atoms with Crippen LogP contribution in [0.15, 0.2) is 0 Å². The SMILES string of the molecule is CCCC(C)(N)C(=O)N1CCOC(CC(=O)OC)C1. The maximum atomic E-state index is 12.3. The number of methoxy groups -OCH3 is 1. The first kappa shape index (κ1) is 15.9. The lowest BCUT2D eigenvalue weighted by Crippen LogP contribution is -2.57. The standard InChI is InChI=1S/C13H24N2O4/c1-4-5-13(2,14)12(17)15-6-7-19-10(9-15)8-11(16)18-3/h10H,4-9,14H2,1-3H3. The third kappa shape index (κ3) is 4.47. The Morgan fingerprint density at radius 3 is 2.79 bits per heavy atom. The van der Waals surface area contributed by atoms with Gasteiger partial charge >= 0.3 is 5.97 Å². The van der Waals surface area contributed by atoms with Crippen molar-refractivity contribution in [2.24, 2.45) is 5.73 Å². The molecule has 0 bridgehead atoms. The number of morpholine rings is 1. The van der Waals surface area contributed by atoms with Gasteiger partial charge in [-0.2, -0.15) is 0 Å². The number of hydrogen-bond acceptors (Lipinski definition) is 5. The lowest BCUT2D eigenvalue weighted by Gasteiger charge is -2.37. The summed E-state index contributed by atoms with van der Waals surface area (Å²) < 4.78 is 10.1. The van der Waals surface area contributed by atoms with Crippen LogP contribution in [0.25, 0.3) is 0 Å². The minimum absolute atomic E-state index is 0.0764. The molecular weight excluding hydrogens is 248 g/mol. The van der Waals surface area contributed by atoms with E-state index in [0.717, 1.165) is 6.42 Å². The Morgan fingerprint density at radius 1 is 1.53 bits per heavy atom. The minimum atomic E-state index is -0.845. The van der Waals surface area contributed by atoms with Gasteiger partial charge in [0.2, 0.25) is 5.91 Å². The van der Waals surface area contributed by atoms with Crippen LogP contribution in [0.5, 0.6) is 0 Å². The van der Waals surface area contributed by atoms with Gasteiger partial charge in [-0.1, -0.05) is 13.3 Å². The van der Waals surface area contributed by atoms with Gasteiger partial charge in [-0.15, -0.1) is 0 Å². The van der Waals surface area contributed by atoms with E-state index in [-0.39, 0.29) is 24.4 Å². The van der Waals surface area contributed by atoms with Crippen molar-refractivity contribution >= 4 is 11.9 Å². The summed E-state index contributed by atoms with van der Waals surface area (Å²) in [6.07, 6.45) is 1.36. The van der Waals surface area contributed by atoms with Crippen molar-refractivity contribution in [2.75, 3.05) is 26.8 Å². The number of rotatable bonds is 5. The van der Waals surface area contributed by atoms with Crippen LogP contribution >= 0.6 is 0 Å². The van der Waals surface area contributed by atoms with Crippen LogP contribution in [-0.2, 0) is 19.1 Å². The van der Waals surface area contributed by atoms with Crippen LogP contribution in [0.2, 0.25) is 0 Å². The summed E-state index contributed by atoms with van der Waals surface area (Å²) in [5.74, 6) is -0.407. The van der Waals surface area contributed by atoms with Crippen molar-refractivity contribution in [3.63, 3.8) is 0 Å². The topological polar surface area (TPSA) is 81.9 Å². The highest BCUT2D eigenvalue weighted by atomic mass is 16.5. The number of amides is 1. The molecule has 0 saturated carbocycles. The Balaban J connectivity index is 2.59. The zero-order valence-electron chi connectivity index (χ0n) is 12.0. The molecule has 6 nitrogen and oxygen atoms in total. The summed E-state index contributed by atoms with van der Waals surface area (Å²) in [4.78, 5) is 25.3. The van der Waals surface area contributed by atoms with Crippen molar-refractivity contribution in [1.82, 2.24) is 4.90 Å². The molecule has 1 amide bonds. The first-order valence-electron chi connectivity index (χ1n) is 6.67. The Morgan fingerprint density at radius 2 is 2.21 bits per heavy atom. The lowest BCUT2D eigenvalue weighted by atomic mass is 9.95. The van der Waals surface area contributed by atoms with Crippen LogP contribution in [0.1, 0.15) is 33.1 Å². The van der Waals surface area contributed by atoms with Gasteiger partial charge in [-0.25, -0.2) is 0 Å². The molecule has 2 N–H and O–H groups in total. The van der Waals surface area contributed by atoms with E-state index in [1.165, 1.54) is 7.11 Å². The maximum Gasteiger partial charge on any atom is 0.308 e. The van der Waals surface area contributed by atoms with Gasteiger partial charge in [-0.3, -0.25) is 9.59 Å². The Hall–Kier alpha value is -1.14. The van der Waals surface area contributed by atoms with Crippen LogP contribution in [-0.4, -0.2) is 55.2 Å². The van der Waals surface area contributed by atoms with Gasteiger partial charge < -0.3 is 20.1 Å². The summed E-state index contributed by atoms with van der Waals surface area (Å²) in [6, 6.07) is 0. The summed E-state index contributed by atoms with van der Waals surface area (Å²) in [5, 5.41) is 0. The van der Waals surface area contributed by atoms with Crippen LogP contribution in [0.3, 0.4) is 0 Å². The van der Waals surface area contributed by atoms with E-state index < -0.39 is 5.54 Å². The van der Waals surface area contributed by atoms with Crippen LogP contribution in [0, 0.1) is 0 Å². The fraction of sp³-hybridized carbons (Fsp3) is 0.846. The molecule has 1 aliphatic heterocycles. The molecule has 1 aliphatic rings. The molecule has 19 heavy (non-hydrogen) atoms. The van der Waals surface area contributed by atoms with Crippen molar-refractivity contribution in [3.8, 4) is 0 Å². The molecule has 0 aromatic heterocycles. The van der Waals surface area contributed by atoms with E-state index in [0.29, 0.717) is 26.1 Å². The van der Waals surface area contributed by atoms with Gasteiger partial charge in [0.05, 0.1) is 31.8 Å². The lowest BCUT2D eigenvalue weighted by molar-refractivity contribution is -0.152. The normalized spacial score (nSPS) is 22.7. The number of nitrogens with zero attached hydrogens (tertiary/aromatic N) is 1. The van der Waals surface area contributed by atoms with Crippen LogP contribution < -0.4 is 5.73 Å². The second-order valence-corrected chi connectivity index (χ2v) is 5.19. The molecule has 0 aromatic rings. The molecule has 2 unspecified atom stereocenters. The van der Waals surface area contributed by atoms with E-state index in [2.05, 4.69) is 4.74 Å². The third-order valence-electron chi connectivity index (χ3n) is 3.31. The molecule has 110 valence electrons. The van der Waals surface area contributed by atoms with Gasteiger partial charge in [0, 0.05) is 13.1 Å². The number of nitrogens with two attached hydrogens (primary N) is 1. The van der Waals surface area contributed by atoms with E-state index >= 15 is 0 Å². The molecule has 6 heteroatoms. The fourth-order valence-corrected chi connectivity index (χ4v) is 2.28. The molecule has 2 atom stereocenters. The largest absolute Gasteiger partial charge is 0.469 e. The average molecular weight is 272 g/mol. The maximum absolute atomic E-state index is 12.3. The first-order chi connectivity index (χ1) is 8.90. The predicted molar refractivity (Wildman–Crippen MR) is 70.5 cm³/mol. The van der Waals surface area contributed by atoms with Crippen molar-refractivity contribution in [2.45, 2.75) is 44.8 Å². The van der Waals surface area contributed by atoms with Gasteiger partial charge in [0.15, 0.2) is 0 Å². The van der Waals surface area contributed by atoms with E-state index in [1.807, 2.05) is 6.92 Å². The first-order valence-corrected chi connectivity index (χ1v) is 6.67. The fourth-order valence-electron chi connectivity index (χ4n) is 2.28. The number of carbonyl (C=O) groups is 2. The highest BCUT2D eigenvalue weighted by Crippen LogP contribution is 2.17. The molecular formula is C13H24N2O4. The molecule has 0 aromatic carbocycles. The molecule has 0 spiro atoms. The third-order valence-corrected chi connectivity index (χ3v) is 3.31. The van der Waals surface area contributed by atoms with E-state index in [9.17, 15) is 9.59 Å². The number of hydrogen-bond donors (Lipinski definition) is 1. The second-order valence-electron chi connectivity index (χ2n) is 5.19. The minimum Gasteiger partial charge on any atom is -0.469 e. The predicted octanol–water partition coefficient (Wildman–Crippen LogP) is 0.294. The van der Waals surface area contributed by atoms with Crippen LogP contribution in [0.4, 0.5) is 0 Å². The highest BCUT2D eigenvalue weighted by molar-refractivity contribution is 5.85. The molecule has 1 fully saturated rings. The molecule has 0 radical (unpaired) electrons. The van der Waals surface area contributed by atoms with E-state index in [4.69, 9.17) is 10.5 Å². The summed E-state index contributed by atoms with van der Waals surface area (Å²) in [7, 11) is 1.34. The summed E-state index contributed by atoms with van der Waals surface area (Å²) in [6.45, 7) is 5.09. The molecule has 1 rings (SSSR count). The Labute approximate surface area is 114 Å². The van der Waals surface area contributed by atoms with Gasteiger partial charge in [0.1, 0.15) is 0 Å². The Bertz CT molecular complexity index is 331. The number of ether oxygens (including phenoxy) is 2. The monoisotopic (exact) mass is 272 g/mol. The van der Waals surface area contributed by atoms with Crippen molar-refractivity contribution in [1.29, 1.82) is 0 Å². The average Bonchev–Trinajstić information content (AvgIpc) is 2.38.